The van der Waals surface area contributed by atoms with E-state index in [-0.39, 0.29) is 5.41 Å². The third-order valence-electron chi connectivity index (χ3n) is 3.14. The third kappa shape index (κ3) is 4.84. The van der Waals surface area contributed by atoms with Gasteiger partial charge < -0.3 is 11.1 Å². The molecule has 0 saturated carbocycles. The van der Waals surface area contributed by atoms with Crippen molar-refractivity contribution in [1.29, 1.82) is 0 Å². The van der Waals surface area contributed by atoms with Gasteiger partial charge in [-0.15, -0.1) is 0 Å². The van der Waals surface area contributed by atoms with Crippen molar-refractivity contribution in [3.05, 3.63) is 30.1 Å². The van der Waals surface area contributed by atoms with Gasteiger partial charge in [-0.3, -0.25) is 4.98 Å². The van der Waals surface area contributed by atoms with Crippen molar-refractivity contribution >= 4 is 0 Å². The summed E-state index contributed by atoms with van der Waals surface area (Å²) in [5, 5.41) is 3.49. The van der Waals surface area contributed by atoms with Crippen LogP contribution in [0.5, 0.6) is 0 Å². The summed E-state index contributed by atoms with van der Waals surface area (Å²) >= 11 is 0. The Morgan fingerprint density at radius 1 is 1.41 bits per heavy atom. The van der Waals surface area contributed by atoms with E-state index in [4.69, 9.17) is 5.73 Å². The monoisotopic (exact) mass is 235 g/mol. The Hall–Kier alpha value is -0.930. The Morgan fingerprint density at radius 2 is 2.18 bits per heavy atom. The Balaban J connectivity index is 2.35. The molecule has 0 saturated heterocycles. The number of nitrogens with two attached hydrogens (primary N) is 1. The summed E-state index contributed by atoms with van der Waals surface area (Å²) in [5.41, 5.74) is 6.81. The zero-order valence-electron chi connectivity index (χ0n) is 11.2. The summed E-state index contributed by atoms with van der Waals surface area (Å²) in [5.74, 6) is 0.598. The molecule has 3 N–H and O–H groups in total. The molecule has 1 rings (SSSR count). The van der Waals surface area contributed by atoms with Crippen molar-refractivity contribution in [3.8, 4) is 0 Å². The number of hydrogen-bond donors (Lipinski definition) is 2. The lowest BCUT2D eigenvalue weighted by Gasteiger charge is -2.24. The van der Waals surface area contributed by atoms with Crippen molar-refractivity contribution in [1.82, 2.24) is 10.3 Å². The third-order valence-corrected chi connectivity index (χ3v) is 3.14. The first kappa shape index (κ1) is 14.1. The maximum atomic E-state index is 5.59. The normalized spacial score (nSPS) is 13.6. The van der Waals surface area contributed by atoms with Gasteiger partial charge in [-0.1, -0.05) is 26.8 Å². The first-order chi connectivity index (χ1) is 8.06. The molecule has 1 atom stereocenters. The number of rotatable bonds is 7. The summed E-state index contributed by atoms with van der Waals surface area (Å²) in [6, 6.07) is 6.08. The predicted octanol–water partition coefficient (Wildman–Crippen LogP) is 1.93. The van der Waals surface area contributed by atoms with Crippen molar-refractivity contribution < 1.29 is 0 Å². The van der Waals surface area contributed by atoms with Crippen LogP contribution in [0.3, 0.4) is 0 Å². The smallest absolute Gasteiger partial charge is 0.0472 e. The lowest BCUT2D eigenvalue weighted by atomic mass is 9.88. The molecule has 3 heteroatoms. The molecule has 0 amide bonds. The van der Waals surface area contributed by atoms with Crippen molar-refractivity contribution in [2.45, 2.75) is 32.6 Å². The molecule has 0 spiro atoms. The molecule has 0 radical (unpaired) electrons. The quantitative estimate of drug-likeness (QED) is 0.710. The van der Waals surface area contributed by atoms with Crippen molar-refractivity contribution in [2.24, 2.45) is 11.7 Å². The van der Waals surface area contributed by atoms with Crippen LogP contribution in [0.15, 0.2) is 24.4 Å². The van der Waals surface area contributed by atoms with E-state index in [1.165, 1.54) is 0 Å². The molecule has 0 aliphatic carbocycles. The minimum atomic E-state index is 0.0766. The molecule has 0 aliphatic heterocycles. The molecule has 3 nitrogen and oxygen atoms in total. The Morgan fingerprint density at radius 3 is 2.76 bits per heavy atom. The fourth-order valence-corrected chi connectivity index (χ4v) is 1.72. The van der Waals surface area contributed by atoms with Gasteiger partial charge in [-0.2, -0.15) is 0 Å². The molecule has 1 unspecified atom stereocenters. The largest absolute Gasteiger partial charge is 0.330 e. The molecule has 0 fully saturated rings. The minimum Gasteiger partial charge on any atom is -0.330 e. The SMILES string of the molecule is CC(CN)CCNCC(C)(C)c1ccccn1. The first-order valence-electron chi connectivity index (χ1n) is 6.38. The highest BCUT2D eigenvalue weighted by Crippen LogP contribution is 2.19. The zero-order chi connectivity index (χ0) is 12.7. The zero-order valence-corrected chi connectivity index (χ0v) is 11.2. The van der Waals surface area contributed by atoms with E-state index in [0.29, 0.717) is 5.92 Å². The number of nitrogens with one attached hydrogen (secondary N) is 1. The highest BCUT2D eigenvalue weighted by atomic mass is 14.9. The van der Waals surface area contributed by atoms with Crippen LogP contribution >= 0.6 is 0 Å². The predicted molar refractivity (Wildman–Crippen MR) is 73.0 cm³/mol. The van der Waals surface area contributed by atoms with Crippen LogP contribution in [-0.2, 0) is 5.41 Å². The van der Waals surface area contributed by atoms with Gasteiger partial charge in [-0.05, 0) is 37.6 Å². The number of hydrogen-bond acceptors (Lipinski definition) is 3. The Bertz CT molecular complexity index is 309. The van der Waals surface area contributed by atoms with E-state index in [1.54, 1.807) is 0 Å². The Kier molecular flexibility index (Phi) is 5.59. The van der Waals surface area contributed by atoms with Gasteiger partial charge in [0.15, 0.2) is 0 Å². The van der Waals surface area contributed by atoms with Crippen LogP contribution in [0.1, 0.15) is 32.9 Å². The molecule has 17 heavy (non-hydrogen) atoms. The second-order valence-electron chi connectivity index (χ2n) is 5.41. The van der Waals surface area contributed by atoms with Gasteiger partial charge in [0.2, 0.25) is 0 Å². The van der Waals surface area contributed by atoms with Crippen LogP contribution in [0.25, 0.3) is 0 Å². The average Bonchev–Trinajstić information content (AvgIpc) is 2.35. The first-order valence-corrected chi connectivity index (χ1v) is 6.38. The summed E-state index contributed by atoms with van der Waals surface area (Å²) in [7, 11) is 0. The van der Waals surface area contributed by atoms with Crippen LogP contribution in [0.2, 0.25) is 0 Å². The number of pyridine rings is 1. The lowest BCUT2D eigenvalue weighted by Crippen LogP contribution is -2.34. The highest BCUT2D eigenvalue weighted by Gasteiger charge is 2.20. The number of aromatic nitrogens is 1. The van der Waals surface area contributed by atoms with E-state index in [0.717, 1.165) is 31.7 Å². The second kappa shape index (κ2) is 6.72. The number of nitrogens with zero attached hydrogens (tertiary/aromatic N) is 1. The van der Waals surface area contributed by atoms with Crippen molar-refractivity contribution in [2.75, 3.05) is 19.6 Å². The van der Waals surface area contributed by atoms with E-state index in [1.807, 2.05) is 18.3 Å². The van der Waals surface area contributed by atoms with Crippen molar-refractivity contribution in [3.63, 3.8) is 0 Å². The fourth-order valence-electron chi connectivity index (χ4n) is 1.72. The Labute approximate surface area is 105 Å². The van der Waals surface area contributed by atoms with E-state index in [9.17, 15) is 0 Å². The summed E-state index contributed by atoms with van der Waals surface area (Å²) in [6.07, 6.45) is 2.99. The van der Waals surface area contributed by atoms with Gasteiger partial charge in [0, 0.05) is 23.9 Å². The lowest BCUT2D eigenvalue weighted by molar-refractivity contribution is 0.433. The van der Waals surface area contributed by atoms with E-state index < -0.39 is 0 Å². The fraction of sp³-hybridized carbons (Fsp3) is 0.643. The molecular formula is C14H25N3. The molecular weight excluding hydrogens is 210 g/mol. The summed E-state index contributed by atoms with van der Waals surface area (Å²) in [4.78, 5) is 4.42. The molecule has 0 aliphatic rings. The molecule has 0 aromatic carbocycles. The topological polar surface area (TPSA) is 50.9 Å². The van der Waals surface area contributed by atoms with Crippen LogP contribution in [0, 0.1) is 5.92 Å². The highest BCUT2D eigenvalue weighted by molar-refractivity contribution is 5.14. The summed E-state index contributed by atoms with van der Waals surface area (Å²) in [6.45, 7) is 9.36. The molecule has 0 bridgehead atoms. The molecule has 1 aromatic rings. The molecule has 1 heterocycles. The minimum absolute atomic E-state index is 0.0766. The maximum absolute atomic E-state index is 5.59. The van der Waals surface area contributed by atoms with Gasteiger partial charge in [0.05, 0.1) is 0 Å². The van der Waals surface area contributed by atoms with Crippen LogP contribution in [0.4, 0.5) is 0 Å². The second-order valence-corrected chi connectivity index (χ2v) is 5.41. The van der Waals surface area contributed by atoms with Gasteiger partial charge in [-0.25, -0.2) is 0 Å². The standard InChI is InChI=1S/C14H25N3/c1-12(10-15)7-9-16-11-14(2,3)13-6-4-5-8-17-13/h4-6,8,12,16H,7,9-11,15H2,1-3H3. The molecule has 1 aromatic heterocycles. The summed E-state index contributed by atoms with van der Waals surface area (Å²) < 4.78 is 0. The molecule has 96 valence electrons. The van der Waals surface area contributed by atoms with Crippen LogP contribution in [-0.4, -0.2) is 24.6 Å². The van der Waals surface area contributed by atoms with Gasteiger partial charge in [0.1, 0.15) is 0 Å². The van der Waals surface area contributed by atoms with E-state index in [2.05, 4.69) is 37.1 Å². The van der Waals surface area contributed by atoms with Gasteiger partial charge >= 0.3 is 0 Å². The van der Waals surface area contributed by atoms with Crippen LogP contribution < -0.4 is 11.1 Å². The van der Waals surface area contributed by atoms with E-state index >= 15 is 0 Å². The van der Waals surface area contributed by atoms with Gasteiger partial charge in [0.25, 0.3) is 0 Å². The maximum Gasteiger partial charge on any atom is 0.0472 e. The average molecular weight is 235 g/mol.